The first-order valence-corrected chi connectivity index (χ1v) is 7.84. The van der Waals surface area contributed by atoms with Crippen molar-refractivity contribution < 1.29 is 23.4 Å². The number of aliphatic carboxylic acids is 1. The van der Waals surface area contributed by atoms with Crippen LogP contribution in [0.1, 0.15) is 38.5 Å². The van der Waals surface area contributed by atoms with Gasteiger partial charge in [-0.2, -0.15) is 0 Å². The van der Waals surface area contributed by atoms with Gasteiger partial charge in [-0.3, -0.25) is 4.79 Å². The lowest BCUT2D eigenvalue weighted by molar-refractivity contribution is -0.136. The van der Waals surface area contributed by atoms with Crippen molar-refractivity contribution in [3.8, 4) is 0 Å². The Morgan fingerprint density at radius 3 is 2.33 bits per heavy atom. The van der Waals surface area contributed by atoms with Gasteiger partial charge in [0.1, 0.15) is 0 Å². The number of carboxylic acids is 1. The average Bonchev–Trinajstić information content (AvgIpc) is 2.36. The predicted molar refractivity (Wildman–Crippen MR) is 66.6 cm³/mol. The van der Waals surface area contributed by atoms with Gasteiger partial charge < -0.3 is 10.2 Å². The molecule has 1 aliphatic carbocycles. The van der Waals surface area contributed by atoms with Crippen molar-refractivity contribution in [2.24, 2.45) is 5.41 Å². The number of aliphatic hydroxyl groups excluding tert-OH is 1. The van der Waals surface area contributed by atoms with Crippen LogP contribution in [-0.2, 0) is 14.8 Å². The molecule has 1 rings (SSSR count). The lowest BCUT2D eigenvalue weighted by Gasteiger charge is -2.35. The van der Waals surface area contributed by atoms with Gasteiger partial charge in [0.2, 0.25) is 10.0 Å². The van der Waals surface area contributed by atoms with E-state index >= 15 is 0 Å². The first-order chi connectivity index (χ1) is 8.39. The number of hydrogen-bond acceptors (Lipinski definition) is 4. The molecule has 0 aromatic heterocycles. The smallest absolute Gasteiger partial charge is 0.304 e. The van der Waals surface area contributed by atoms with E-state index in [2.05, 4.69) is 4.72 Å². The van der Waals surface area contributed by atoms with Crippen LogP contribution in [0.25, 0.3) is 0 Å². The standard InChI is InChI=1S/C11H21NO5S/c13-9-11(5-2-1-3-6-11)8-12-18(16,17)7-4-10(14)15/h12-13H,1-9H2,(H,14,15). The largest absolute Gasteiger partial charge is 0.481 e. The summed E-state index contributed by atoms with van der Waals surface area (Å²) in [4.78, 5) is 10.3. The molecule has 0 spiro atoms. The molecule has 0 aromatic carbocycles. The molecule has 0 radical (unpaired) electrons. The van der Waals surface area contributed by atoms with Crippen molar-refractivity contribution in [1.82, 2.24) is 4.72 Å². The fourth-order valence-electron chi connectivity index (χ4n) is 2.25. The van der Waals surface area contributed by atoms with Crippen molar-refractivity contribution in [2.45, 2.75) is 38.5 Å². The van der Waals surface area contributed by atoms with Crippen molar-refractivity contribution in [1.29, 1.82) is 0 Å². The van der Waals surface area contributed by atoms with E-state index in [4.69, 9.17) is 5.11 Å². The summed E-state index contributed by atoms with van der Waals surface area (Å²) >= 11 is 0. The first kappa shape index (κ1) is 15.4. The third-order valence-corrected chi connectivity index (χ3v) is 4.83. The number of nitrogens with one attached hydrogen (secondary N) is 1. The fraction of sp³-hybridized carbons (Fsp3) is 0.909. The Bertz CT molecular complexity index is 373. The van der Waals surface area contributed by atoms with Gasteiger partial charge in [0.05, 0.1) is 12.2 Å². The number of hydrogen-bond donors (Lipinski definition) is 3. The molecule has 0 aliphatic heterocycles. The molecule has 0 unspecified atom stereocenters. The Morgan fingerprint density at radius 2 is 1.83 bits per heavy atom. The molecular formula is C11H21NO5S. The van der Waals surface area contributed by atoms with E-state index < -0.39 is 28.2 Å². The van der Waals surface area contributed by atoms with Crippen molar-refractivity contribution >= 4 is 16.0 Å². The summed E-state index contributed by atoms with van der Waals surface area (Å²) < 4.78 is 25.6. The molecule has 3 N–H and O–H groups in total. The molecule has 1 saturated carbocycles. The van der Waals surface area contributed by atoms with Crippen LogP contribution in [0.3, 0.4) is 0 Å². The minimum absolute atomic E-state index is 0.0333. The highest BCUT2D eigenvalue weighted by atomic mass is 32.2. The number of carbonyl (C=O) groups is 1. The number of carboxylic acid groups (broad SMARTS) is 1. The molecule has 0 heterocycles. The van der Waals surface area contributed by atoms with Crippen molar-refractivity contribution in [2.75, 3.05) is 18.9 Å². The molecule has 0 bridgehead atoms. The van der Waals surface area contributed by atoms with Gasteiger partial charge in [-0.15, -0.1) is 0 Å². The van der Waals surface area contributed by atoms with Gasteiger partial charge in [-0.1, -0.05) is 19.3 Å². The average molecular weight is 279 g/mol. The number of sulfonamides is 1. The van der Waals surface area contributed by atoms with Crippen LogP contribution < -0.4 is 4.72 Å². The van der Waals surface area contributed by atoms with E-state index in [1.54, 1.807) is 0 Å². The van der Waals surface area contributed by atoms with Gasteiger partial charge in [-0.05, 0) is 12.8 Å². The second kappa shape index (κ2) is 6.49. The molecule has 0 aromatic rings. The molecule has 18 heavy (non-hydrogen) atoms. The summed E-state index contributed by atoms with van der Waals surface area (Å²) in [6, 6.07) is 0. The van der Waals surface area contributed by atoms with Gasteiger partial charge >= 0.3 is 5.97 Å². The molecule has 1 fully saturated rings. The van der Waals surface area contributed by atoms with Gasteiger partial charge in [-0.25, -0.2) is 13.1 Å². The second-order valence-electron chi connectivity index (χ2n) is 5.00. The molecular weight excluding hydrogens is 258 g/mol. The zero-order valence-corrected chi connectivity index (χ0v) is 11.2. The number of aliphatic hydroxyl groups is 1. The maximum atomic E-state index is 11.6. The molecule has 0 amide bonds. The molecule has 6 nitrogen and oxygen atoms in total. The summed E-state index contributed by atoms with van der Waals surface area (Å²) in [5, 5.41) is 17.9. The highest BCUT2D eigenvalue weighted by Crippen LogP contribution is 2.35. The lowest BCUT2D eigenvalue weighted by atomic mass is 9.75. The minimum atomic E-state index is -3.57. The zero-order valence-electron chi connectivity index (χ0n) is 10.4. The fourth-order valence-corrected chi connectivity index (χ4v) is 3.36. The van der Waals surface area contributed by atoms with Crippen LogP contribution in [0, 0.1) is 5.41 Å². The van der Waals surface area contributed by atoms with Gasteiger partial charge in [0.25, 0.3) is 0 Å². The van der Waals surface area contributed by atoms with E-state index in [1.165, 1.54) is 0 Å². The minimum Gasteiger partial charge on any atom is -0.481 e. The van der Waals surface area contributed by atoms with E-state index in [9.17, 15) is 18.3 Å². The maximum absolute atomic E-state index is 11.6. The SMILES string of the molecule is O=C(O)CCS(=O)(=O)NCC1(CO)CCCCC1. The third-order valence-electron chi connectivity index (χ3n) is 3.50. The lowest BCUT2D eigenvalue weighted by Crippen LogP contribution is -2.42. The van der Waals surface area contributed by atoms with E-state index in [0.717, 1.165) is 32.1 Å². The van der Waals surface area contributed by atoms with Crippen molar-refractivity contribution in [3.05, 3.63) is 0 Å². The van der Waals surface area contributed by atoms with E-state index in [0.29, 0.717) is 0 Å². The van der Waals surface area contributed by atoms with Crippen LogP contribution in [0.4, 0.5) is 0 Å². The predicted octanol–water partition coefficient (Wildman–Crippen LogP) is 0.323. The summed E-state index contributed by atoms with van der Waals surface area (Å²) in [6.45, 7) is 0.167. The summed E-state index contributed by atoms with van der Waals surface area (Å²) in [6.07, 6.45) is 4.33. The van der Waals surface area contributed by atoms with Gasteiger partial charge in [0.15, 0.2) is 0 Å². The Labute approximate surface area is 107 Å². The highest BCUT2D eigenvalue weighted by Gasteiger charge is 2.32. The molecule has 0 atom stereocenters. The summed E-state index contributed by atoms with van der Waals surface area (Å²) in [5.74, 6) is -1.54. The van der Waals surface area contributed by atoms with Crippen LogP contribution in [0.15, 0.2) is 0 Å². The summed E-state index contributed by atoms with van der Waals surface area (Å²) in [5.41, 5.74) is -0.367. The molecule has 0 saturated heterocycles. The van der Waals surface area contributed by atoms with E-state index in [-0.39, 0.29) is 18.6 Å². The van der Waals surface area contributed by atoms with Crippen LogP contribution in [-0.4, -0.2) is 43.5 Å². The monoisotopic (exact) mass is 279 g/mol. The first-order valence-electron chi connectivity index (χ1n) is 6.19. The maximum Gasteiger partial charge on any atom is 0.304 e. The quantitative estimate of drug-likeness (QED) is 0.623. The van der Waals surface area contributed by atoms with Gasteiger partial charge in [0, 0.05) is 18.6 Å². The van der Waals surface area contributed by atoms with E-state index in [1.807, 2.05) is 0 Å². The molecule has 1 aliphatic rings. The molecule has 7 heteroatoms. The zero-order chi connectivity index (χ0) is 13.6. The van der Waals surface area contributed by atoms with Crippen LogP contribution >= 0.6 is 0 Å². The summed E-state index contributed by atoms with van der Waals surface area (Å²) in [7, 11) is -3.57. The third kappa shape index (κ3) is 4.91. The Kier molecular flexibility index (Phi) is 5.55. The normalized spacial score (nSPS) is 19.6. The van der Waals surface area contributed by atoms with Crippen molar-refractivity contribution in [3.63, 3.8) is 0 Å². The van der Waals surface area contributed by atoms with Crippen LogP contribution in [0.5, 0.6) is 0 Å². The highest BCUT2D eigenvalue weighted by molar-refractivity contribution is 7.89. The second-order valence-corrected chi connectivity index (χ2v) is 6.93. The topological polar surface area (TPSA) is 104 Å². The number of rotatable bonds is 7. The molecule has 106 valence electrons. The Morgan fingerprint density at radius 1 is 1.22 bits per heavy atom. The Balaban J connectivity index is 2.48. The Hall–Kier alpha value is -0.660. The van der Waals surface area contributed by atoms with Crippen LogP contribution in [0.2, 0.25) is 0 Å².